The molecule has 0 aliphatic heterocycles. The molecule has 0 fully saturated rings. The Kier molecular flexibility index (Phi) is 7.39. The van der Waals surface area contributed by atoms with E-state index in [0.29, 0.717) is 5.02 Å². The molecule has 1 atom stereocenters. The largest absolute Gasteiger partial charge is 0.335 e. The number of anilines is 1. The first-order chi connectivity index (χ1) is 12.8. The molecule has 0 bridgehead atoms. The van der Waals surface area contributed by atoms with E-state index in [1.54, 1.807) is 7.05 Å². The Balaban J connectivity index is 1.86. The molecule has 2 rings (SSSR count). The zero-order valence-corrected chi connectivity index (χ0v) is 16.9. The van der Waals surface area contributed by atoms with E-state index in [9.17, 15) is 9.59 Å². The van der Waals surface area contributed by atoms with Crippen LogP contribution in [0, 0.1) is 13.8 Å². The van der Waals surface area contributed by atoms with Crippen molar-refractivity contribution in [3.63, 3.8) is 0 Å². The number of likely N-dealkylation sites (N-methyl/N-ethyl adjacent to an activating group) is 1. The lowest BCUT2D eigenvalue weighted by Crippen LogP contribution is -2.40. The number of amides is 2. The number of nitrogens with zero attached hydrogens (tertiary/aromatic N) is 1. The lowest BCUT2D eigenvalue weighted by atomic mass is 10.1. The van der Waals surface area contributed by atoms with Gasteiger partial charge < -0.3 is 15.5 Å². The molecule has 0 aliphatic rings. The molecule has 0 heterocycles. The third kappa shape index (κ3) is 5.81. The quantitative estimate of drug-likeness (QED) is 0.761. The van der Waals surface area contributed by atoms with Crippen LogP contribution in [-0.4, -0.2) is 36.9 Å². The number of hydrogen-bond donors (Lipinski definition) is 2. The second-order valence-electron chi connectivity index (χ2n) is 6.69. The normalized spacial score (nSPS) is 11.7. The van der Waals surface area contributed by atoms with Crippen LogP contribution in [0.4, 0.5) is 5.69 Å². The number of hydrogen-bond acceptors (Lipinski definition) is 3. The Bertz CT molecular complexity index is 803. The van der Waals surface area contributed by atoms with E-state index in [1.165, 1.54) is 4.90 Å². The van der Waals surface area contributed by atoms with Crippen molar-refractivity contribution in [3.8, 4) is 0 Å². The van der Waals surface area contributed by atoms with E-state index >= 15 is 0 Å². The molecule has 0 spiro atoms. The average Bonchev–Trinajstić information content (AvgIpc) is 2.63. The fraction of sp³-hybridized carbons (Fsp3) is 0.333. The molecule has 0 aromatic heterocycles. The molecule has 5 nitrogen and oxygen atoms in total. The van der Waals surface area contributed by atoms with Gasteiger partial charge in [-0.25, -0.2) is 0 Å². The smallest absolute Gasteiger partial charge is 0.243 e. The van der Waals surface area contributed by atoms with Crippen molar-refractivity contribution in [1.29, 1.82) is 0 Å². The molecule has 0 saturated heterocycles. The molecule has 2 aromatic rings. The van der Waals surface area contributed by atoms with Gasteiger partial charge in [0, 0.05) is 23.8 Å². The zero-order chi connectivity index (χ0) is 20.0. The van der Waals surface area contributed by atoms with Crippen LogP contribution in [0.2, 0.25) is 5.02 Å². The summed E-state index contributed by atoms with van der Waals surface area (Å²) in [6.07, 6.45) is 0. The topological polar surface area (TPSA) is 61.4 Å². The minimum absolute atomic E-state index is 0.00520. The van der Waals surface area contributed by atoms with Gasteiger partial charge in [-0.3, -0.25) is 9.59 Å². The van der Waals surface area contributed by atoms with Gasteiger partial charge in [0.05, 0.1) is 13.1 Å². The van der Waals surface area contributed by atoms with Crippen molar-refractivity contribution in [3.05, 3.63) is 64.2 Å². The second-order valence-corrected chi connectivity index (χ2v) is 7.10. The molecule has 2 N–H and O–H groups in total. The predicted octanol–water partition coefficient (Wildman–Crippen LogP) is 3.70. The summed E-state index contributed by atoms with van der Waals surface area (Å²) in [5.41, 5.74) is 3.72. The summed E-state index contributed by atoms with van der Waals surface area (Å²) in [4.78, 5) is 26.0. The Morgan fingerprint density at radius 3 is 2.33 bits per heavy atom. The van der Waals surface area contributed by atoms with E-state index in [1.807, 2.05) is 63.2 Å². The van der Waals surface area contributed by atoms with Gasteiger partial charge in [-0.1, -0.05) is 48.0 Å². The summed E-state index contributed by atoms with van der Waals surface area (Å²) in [6, 6.07) is 13.3. The Morgan fingerprint density at radius 2 is 1.70 bits per heavy atom. The maximum atomic E-state index is 12.3. The van der Waals surface area contributed by atoms with Gasteiger partial charge in [0.2, 0.25) is 11.8 Å². The van der Waals surface area contributed by atoms with Crippen molar-refractivity contribution in [2.24, 2.45) is 0 Å². The molecule has 0 radical (unpaired) electrons. The Morgan fingerprint density at radius 1 is 1.07 bits per heavy atom. The van der Waals surface area contributed by atoms with E-state index in [-0.39, 0.29) is 30.9 Å². The van der Waals surface area contributed by atoms with E-state index in [4.69, 9.17) is 11.6 Å². The minimum Gasteiger partial charge on any atom is -0.335 e. The average molecular weight is 388 g/mol. The predicted molar refractivity (Wildman–Crippen MR) is 110 cm³/mol. The fourth-order valence-corrected chi connectivity index (χ4v) is 3.11. The molecule has 0 saturated carbocycles. The SMILES string of the molecule is Cc1cccc(C)c1NC(=O)CN(C)C(=O)CN[C@H](C)c1ccccc1Cl. The molecule has 2 amide bonds. The fourth-order valence-electron chi connectivity index (χ4n) is 2.81. The summed E-state index contributed by atoms with van der Waals surface area (Å²) in [7, 11) is 1.62. The number of para-hydroxylation sites is 1. The first-order valence-corrected chi connectivity index (χ1v) is 9.25. The van der Waals surface area contributed by atoms with Crippen molar-refractivity contribution < 1.29 is 9.59 Å². The van der Waals surface area contributed by atoms with Gasteiger partial charge in [0.1, 0.15) is 0 Å². The van der Waals surface area contributed by atoms with Gasteiger partial charge in [-0.2, -0.15) is 0 Å². The molecule has 2 aromatic carbocycles. The number of rotatable bonds is 7. The van der Waals surface area contributed by atoms with E-state index < -0.39 is 0 Å². The number of benzene rings is 2. The summed E-state index contributed by atoms with van der Waals surface area (Å²) in [6.45, 7) is 5.95. The highest BCUT2D eigenvalue weighted by Crippen LogP contribution is 2.22. The maximum absolute atomic E-state index is 12.3. The number of nitrogens with one attached hydrogen (secondary N) is 2. The van der Waals surface area contributed by atoms with Gasteiger partial charge >= 0.3 is 0 Å². The van der Waals surface area contributed by atoms with Crippen LogP contribution >= 0.6 is 11.6 Å². The van der Waals surface area contributed by atoms with Gasteiger partial charge in [-0.15, -0.1) is 0 Å². The van der Waals surface area contributed by atoms with Gasteiger partial charge in [-0.05, 0) is 43.5 Å². The van der Waals surface area contributed by atoms with E-state index in [2.05, 4.69) is 10.6 Å². The molecule has 6 heteroatoms. The van der Waals surface area contributed by atoms with Crippen molar-refractivity contribution in [2.75, 3.05) is 25.5 Å². The molecule has 0 aliphatic carbocycles. The number of carbonyl (C=O) groups excluding carboxylic acids is 2. The second kappa shape index (κ2) is 9.53. The number of halogens is 1. The molecule has 27 heavy (non-hydrogen) atoms. The highest BCUT2D eigenvalue weighted by Gasteiger charge is 2.16. The summed E-state index contributed by atoms with van der Waals surface area (Å²) in [5.74, 6) is -0.382. The highest BCUT2D eigenvalue weighted by molar-refractivity contribution is 6.31. The highest BCUT2D eigenvalue weighted by atomic mass is 35.5. The minimum atomic E-state index is -0.220. The van der Waals surface area contributed by atoms with Crippen molar-refractivity contribution in [1.82, 2.24) is 10.2 Å². The standard InChI is InChI=1S/C21H26ClN3O2/c1-14-8-7-9-15(2)21(14)24-19(26)13-25(4)20(27)12-23-16(3)17-10-5-6-11-18(17)22/h5-11,16,23H,12-13H2,1-4H3,(H,24,26)/t16-/m1/s1. The third-order valence-corrected chi connectivity index (χ3v) is 4.83. The summed E-state index contributed by atoms with van der Waals surface area (Å²) < 4.78 is 0. The number of aryl methyl sites for hydroxylation is 2. The van der Waals surface area contributed by atoms with Crippen molar-refractivity contribution >= 4 is 29.1 Å². The van der Waals surface area contributed by atoms with Crippen molar-refractivity contribution in [2.45, 2.75) is 26.8 Å². The van der Waals surface area contributed by atoms with Crippen LogP contribution in [0.1, 0.15) is 29.7 Å². The lowest BCUT2D eigenvalue weighted by Gasteiger charge is -2.20. The molecular weight excluding hydrogens is 362 g/mol. The number of carbonyl (C=O) groups is 2. The van der Waals surface area contributed by atoms with Crippen LogP contribution < -0.4 is 10.6 Å². The summed E-state index contributed by atoms with van der Waals surface area (Å²) >= 11 is 6.18. The van der Waals surface area contributed by atoms with Crippen LogP contribution in [0.5, 0.6) is 0 Å². The molecular formula is C21H26ClN3O2. The first kappa shape index (κ1) is 20.9. The van der Waals surface area contributed by atoms with Crippen LogP contribution in [-0.2, 0) is 9.59 Å². The molecule has 0 unspecified atom stereocenters. The summed E-state index contributed by atoms with van der Waals surface area (Å²) in [5, 5.41) is 6.70. The van der Waals surface area contributed by atoms with Gasteiger partial charge in [0.15, 0.2) is 0 Å². The van der Waals surface area contributed by atoms with Crippen LogP contribution in [0.25, 0.3) is 0 Å². The monoisotopic (exact) mass is 387 g/mol. The molecule has 144 valence electrons. The zero-order valence-electron chi connectivity index (χ0n) is 16.2. The lowest BCUT2D eigenvalue weighted by molar-refractivity contribution is -0.132. The Hall–Kier alpha value is -2.37. The third-order valence-electron chi connectivity index (χ3n) is 4.48. The Labute approximate surface area is 165 Å². The van der Waals surface area contributed by atoms with Crippen LogP contribution in [0.3, 0.4) is 0 Å². The maximum Gasteiger partial charge on any atom is 0.243 e. The van der Waals surface area contributed by atoms with E-state index in [0.717, 1.165) is 22.4 Å². The van der Waals surface area contributed by atoms with Crippen LogP contribution in [0.15, 0.2) is 42.5 Å². The van der Waals surface area contributed by atoms with Gasteiger partial charge in [0.25, 0.3) is 0 Å². The first-order valence-electron chi connectivity index (χ1n) is 8.87.